The lowest BCUT2D eigenvalue weighted by Gasteiger charge is -2.41. The third-order valence-corrected chi connectivity index (χ3v) is 3.81. The van der Waals surface area contributed by atoms with Crippen molar-refractivity contribution in [1.29, 1.82) is 0 Å². The molecule has 2 amide bonds. The number of ether oxygens (including phenoxy) is 3. The number of hydrogen-bond donors (Lipinski definition) is 1. The normalized spacial score (nSPS) is 23.3. The number of carbonyl (C=O) groups excluding carboxylic acids is 3. The quantitative estimate of drug-likeness (QED) is 0.585. The summed E-state index contributed by atoms with van der Waals surface area (Å²) < 4.78 is 16.1. The van der Waals surface area contributed by atoms with Crippen LogP contribution in [0.1, 0.15) is 74.1 Å². The van der Waals surface area contributed by atoms with Gasteiger partial charge in [0.2, 0.25) is 0 Å². The summed E-state index contributed by atoms with van der Waals surface area (Å²) in [6, 6.07) is -1.07. The molecule has 0 bridgehead atoms. The minimum absolute atomic E-state index is 0.151. The number of carbonyl (C=O) groups is 3. The molecule has 0 aliphatic heterocycles. The minimum atomic E-state index is -1.07. The van der Waals surface area contributed by atoms with Crippen molar-refractivity contribution >= 4 is 18.2 Å². The van der Waals surface area contributed by atoms with Crippen LogP contribution < -0.4 is 0 Å². The SMILES string of the molecule is CCC(=O)OC1CCCC(O)C1N(C(=O)OC(C)(C)C)C(=O)OC(C)(C)C. The molecule has 0 heterocycles. The number of aliphatic hydroxyl groups is 1. The molecule has 0 aromatic carbocycles. The largest absolute Gasteiger partial charge is 0.460 e. The van der Waals surface area contributed by atoms with E-state index in [9.17, 15) is 19.5 Å². The molecule has 0 spiro atoms. The van der Waals surface area contributed by atoms with E-state index in [1.165, 1.54) is 0 Å². The second kappa shape index (κ2) is 8.91. The highest BCUT2D eigenvalue weighted by atomic mass is 16.6. The van der Waals surface area contributed by atoms with Gasteiger partial charge in [0.25, 0.3) is 0 Å². The molecule has 1 aliphatic carbocycles. The lowest BCUT2D eigenvalue weighted by Crippen LogP contribution is -2.60. The summed E-state index contributed by atoms with van der Waals surface area (Å²) >= 11 is 0. The number of nitrogens with zero attached hydrogens (tertiary/aromatic N) is 1. The Morgan fingerprint density at radius 3 is 1.85 bits per heavy atom. The lowest BCUT2D eigenvalue weighted by atomic mass is 9.88. The molecule has 27 heavy (non-hydrogen) atoms. The number of esters is 1. The van der Waals surface area contributed by atoms with E-state index in [-0.39, 0.29) is 6.42 Å². The van der Waals surface area contributed by atoms with E-state index in [4.69, 9.17) is 14.2 Å². The van der Waals surface area contributed by atoms with Crippen molar-refractivity contribution in [2.24, 2.45) is 0 Å². The maximum atomic E-state index is 12.8. The zero-order chi connectivity index (χ0) is 21.0. The van der Waals surface area contributed by atoms with Crippen LogP contribution in [0.3, 0.4) is 0 Å². The highest BCUT2D eigenvalue weighted by Gasteiger charge is 2.46. The van der Waals surface area contributed by atoms with Crippen molar-refractivity contribution in [3.05, 3.63) is 0 Å². The minimum Gasteiger partial charge on any atom is -0.460 e. The zero-order valence-electron chi connectivity index (χ0n) is 17.4. The van der Waals surface area contributed by atoms with Crippen molar-refractivity contribution in [2.75, 3.05) is 0 Å². The summed E-state index contributed by atoms with van der Waals surface area (Å²) in [5, 5.41) is 10.5. The topological polar surface area (TPSA) is 102 Å². The highest BCUT2D eigenvalue weighted by molar-refractivity contribution is 5.89. The average Bonchev–Trinajstić information content (AvgIpc) is 2.46. The summed E-state index contributed by atoms with van der Waals surface area (Å²) in [5.41, 5.74) is -1.71. The van der Waals surface area contributed by atoms with Crippen LogP contribution in [0.15, 0.2) is 0 Å². The summed E-state index contributed by atoms with van der Waals surface area (Å²) in [6.07, 6.45) is -2.20. The van der Waals surface area contributed by atoms with E-state index in [0.29, 0.717) is 19.3 Å². The van der Waals surface area contributed by atoms with Crippen molar-refractivity contribution in [1.82, 2.24) is 4.90 Å². The van der Waals surface area contributed by atoms with Crippen LogP contribution in [0, 0.1) is 0 Å². The highest BCUT2D eigenvalue weighted by Crippen LogP contribution is 2.29. The Bertz CT molecular complexity index is 519. The fourth-order valence-corrected chi connectivity index (χ4v) is 2.78. The van der Waals surface area contributed by atoms with Gasteiger partial charge in [-0.15, -0.1) is 0 Å². The van der Waals surface area contributed by atoms with Crippen molar-refractivity contribution in [3.8, 4) is 0 Å². The Morgan fingerprint density at radius 1 is 0.963 bits per heavy atom. The van der Waals surface area contributed by atoms with E-state index in [0.717, 1.165) is 4.90 Å². The first-order valence-corrected chi connectivity index (χ1v) is 9.38. The fourth-order valence-electron chi connectivity index (χ4n) is 2.78. The molecular weight excluding hydrogens is 354 g/mol. The number of hydrogen-bond acceptors (Lipinski definition) is 7. The number of amides is 2. The summed E-state index contributed by atoms with van der Waals surface area (Å²) in [5.74, 6) is -0.465. The Kier molecular flexibility index (Phi) is 7.66. The van der Waals surface area contributed by atoms with Crippen LogP contribution in [0.5, 0.6) is 0 Å². The molecule has 1 aliphatic rings. The Labute approximate surface area is 161 Å². The van der Waals surface area contributed by atoms with Crippen LogP contribution in [-0.4, -0.2) is 57.6 Å². The molecule has 1 N–H and O–H groups in total. The molecule has 156 valence electrons. The zero-order valence-corrected chi connectivity index (χ0v) is 17.4. The van der Waals surface area contributed by atoms with E-state index in [2.05, 4.69) is 0 Å². The van der Waals surface area contributed by atoms with Crippen molar-refractivity contribution < 1.29 is 33.7 Å². The van der Waals surface area contributed by atoms with Gasteiger partial charge in [-0.3, -0.25) is 4.79 Å². The second-order valence-corrected chi connectivity index (χ2v) is 8.70. The van der Waals surface area contributed by atoms with Gasteiger partial charge in [-0.25, -0.2) is 14.5 Å². The summed E-state index contributed by atoms with van der Waals surface area (Å²) in [4.78, 5) is 38.1. The van der Waals surface area contributed by atoms with E-state index >= 15 is 0 Å². The summed E-state index contributed by atoms with van der Waals surface area (Å²) in [7, 11) is 0. The molecule has 0 saturated heterocycles. The number of rotatable bonds is 3. The molecule has 8 nitrogen and oxygen atoms in total. The molecule has 1 fully saturated rings. The van der Waals surface area contributed by atoms with Gasteiger partial charge in [0.05, 0.1) is 6.10 Å². The van der Waals surface area contributed by atoms with Gasteiger partial charge in [0.1, 0.15) is 23.3 Å². The monoisotopic (exact) mass is 387 g/mol. The van der Waals surface area contributed by atoms with Gasteiger partial charge in [0.15, 0.2) is 0 Å². The average molecular weight is 387 g/mol. The molecule has 0 aromatic rings. The molecule has 3 atom stereocenters. The fraction of sp³-hybridized carbons (Fsp3) is 0.842. The molecule has 3 unspecified atom stereocenters. The first kappa shape index (κ1) is 23.2. The van der Waals surface area contributed by atoms with Gasteiger partial charge in [-0.2, -0.15) is 0 Å². The third-order valence-electron chi connectivity index (χ3n) is 3.81. The molecule has 1 rings (SSSR count). The van der Waals surface area contributed by atoms with E-state index in [1.54, 1.807) is 48.5 Å². The van der Waals surface area contributed by atoms with E-state index in [1.807, 2.05) is 0 Å². The molecular formula is C19H33NO7. The summed E-state index contributed by atoms with van der Waals surface area (Å²) in [6.45, 7) is 11.7. The Hall–Kier alpha value is -1.83. The number of aliphatic hydroxyl groups excluding tert-OH is 1. The van der Waals surface area contributed by atoms with Gasteiger partial charge in [-0.05, 0) is 60.8 Å². The second-order valence-electron chi connectivity index (χ2n) is 8.70. The maximum Gasteiger partial charge on any atom is 0.420 e. The molecule has 0 radical (unpaired) electrons. The van der Waals surface area contributed by atoms with Gasteiger partial charge >= 0.3 is 18.2 Å². The predicted molar refractivity (Wildman–Crippen MR) is 98.1 cm³/mol. The molecule has 1 saturated carbocycles. The van der Waals surface area contributed by atoms with Crippen molar-refractivity contribution in [2.45, 2.75) is 104 Å². The van der Waals surface area contributed by atoms with Crippen LogP contribution in [0.25, 0.3) is 0 Å². The Balaban J connectivity index is 3.24. The van der Waals surface area contributed by atoms with Gasteiger partial charge in [0, 0.05) is 6.42 Å². The first-order chi connectivity index (χ1) is 12.2. The van der Waals surface area contributed by atoms with E-state index < -0.39 is 47.6 Å². The van der Waals surface area contributed by atoms with Crippen LogP contribution >= 0.6 is 0 Å². The van der Waals surface area contributed by atoms with Crippen LogP contribution in [0.2, 0.25) is 0 Å². The maximum absolute atomic E-state index is 12.8. The number of imide groups is 1. The smallest absolute Gasteiger partial charge is 0.420 e. The van der Waals surface area contributed by atoms with Gasteiger partial charge in [-0.1, -0.05) is 6.92 Å². The van der Waals surface area contributed by atoms with Gasteiger partial charge < -0.3 is 19.3 Å². The lowest BCUT2D eigenvalue weighted by molar-refractivity contribution is -0.158. The third kappa shape index (κ3) is 7.36. The predicted octanol–water partition coefficient (Wildman–Crippen LogP) is 3.39. The molecule has 0 aromatic heterocycles. The first-order valence-electron chi connectivity index (χ1n) is 9.38. The Morgan fingerprint density at radius 2 is 1.44 bits per heavy atom. The molecule has 8 heteroatoms. The van der Waals surface area contributed by atoms with Crippen LogP contribution in [-0.2, 0) is 19.0 Å². The van der Waals surface area contributed by atoms with Crippen LogP contribution in [0.4, 0.5) is 9.59 Å². The standard InChI is InChI=1S/C19H33NO7/c1-8-14(22)25-13-11-9-10-12(21)15(13)20(16(23)26-18(2,3)4)17(24)27-19(5,6)7/h12-13,15,21H,8-11H2,1-7H3. The van der Waals surface area contributed by atoms with Crippen molar-refractivity contribution in [3.63, 3.8) is 0 Å².